The molecule has 4 nitrogen and oxygen atoms in total. The van der Waals surface area contributed by atoms with Gasteiger partial charge in [0.15, 0.2) is 0 Å². The third-order valence-corrected chi connectivity index (χ3v) is 2.04. The Balaban J connectivity index is 2.41. The molecule has 1 heterocycles. The maximum Gasteiger partial charge on any atom is 0.223 e. The van der Waals surface area contributed by atoms with E-state index in [9.17, 15) is 4.79 Å². The predicted molar refractivity (Wildman–Crippen MR) is 43.5 cm³/mol. The van der Waals surface area contributed by atoms with Crippen LogP contribution in [-0.2, 0) is 4.79 Å². The van der Waals surface area contributed by atoms with Gasteiger partial charge in [0, 0.05) is 32.0 Å². The summed E-state index contributed by atoms with van der Waals surface area (Å²) in [5, 5.41) is 17.8. The first kappa shape index (κ1) is 9.48. The minimum Gasteiger partial charge on any atom is -0.396 e. The molecule has 1 fully saturated rings. The highest BCUT2D eigenvalue weighted by atomic mass is 16.3. The third-order valence-electron chi connectivity index (χ3n) is 2.04. The van der Waals surface area contributed by atoms with Crippen LogP contribution in [0.1, 0.15) is 13.3 Å². The summed E-state index contributed by atoms with van der Waals surface area (Å²) in [5.74, 6) is 0.103. The van der Waals surface area contributed by atoms with Gasteiger partial charge in [-0.25, -0.2) is 0 Å². The second-order valence-corrected chi connectivity index (χ2v) is 3.40. The zero-order valence-corrected chi connectivity index (χ0v) is 7.23. The third kappa shape index (κ3) is 2.19. The summed E-state index contributed by atoms with van der Waals surface area (Å²) in [5.41, 5.74) is 0. The summed E-state index contributed by atoms with van der Waals surface area (Å²) in [7, 11) is 0. The zero-order chi connectivity index (χ0) is 9.14. The number of carbonyl (C=O) groups is 1. The van der Waals surface area contributed by atoms with Gasteiger partial charge in [0.1, 0.15) is 0 Å². The first-order valence-corrected chi connectivity index (χ1v) is 4.20. The van der Waals surface area contributed by atoms with E-state index in [1.54, 1.807) is 11.8 Å². The number of aliphatic hydroxyl groups is 2. The number of β-amino-alcohol motifs (C(OH)–C–C–N with tert-alkyl or cyclic N) is 1. The van der Waals surface area contributed by atoms with Crippen molar-refractivity contribution in [1.82, 2.24) is 4.90 Å². The number of hydrogen-bond donors (Lipinski definition) is 2. The van der Waals surface area contributed by atoms with Crippen molar-refractivity contribution >= 4 is 5.91 Å². The van der Waals surface area contributed by atoms with E-state index in [4.69, 9.17) is 10.2 Å². The van der Waals surface area contributed by atoms with E-state index in [2.05, 4.69) is 0 Å². The molecule has 2 atom stereocenters. The highest BCUT2D eigenvalue weighted by Crippen LogP contribution is 2.16. The average molecular weight is 173 g/mol. The van der Waals surface area contributed by atoms with E-state index in [0.29, 0.717) is 19.5 Å². The van der Waals surface area contributed by atoms with Crippen LogP contribution in [0.2, 0.25) is 0 Å². The SMILES string of the molecule is C[C@H](O)CN1CC(CO)CC1=O. The molecule has 1 aliphatic rings. The maximum atomic E-state index is 11.2. The number of amides is 1. The molecule has 0 aromatic rings. The van der Waals surface area contributed by atoms with Gasteiger partial charge in [0.05, 0.1) is 6.10 Å². The van der Waals surface area contributed by atoms with Gasteiger partial charge in [-0.15, -0.1) is 0 Å². The van der Waals surface area contributed by atoms with E-state index in [1.165, 1.54) is 0 Å². The molecule has 0 aliphatic carbocycles. The number of likely N-dealkylation sites (tertiary alicyclic amines) is 1. The second kappa shape index (κ2) is 3.87. The van der Waals surface area contributed by atoms with E-state index >= 15 is 0 Å². The lowest BCUT2D eigenvalue weighted by atomic mass is 10.1. The molecule has 1 rings (SSSR count). The van der Waals surface area contributed by atoms with Gasteiger partial charge < -0.3 is 15.1 Å². The van der Waals surface area contributed by atoms with Crippen LogP contribution >= 0.6 is 0 Å². The molecule has 0 radical (unpaired) electrons. The number of nitrogens with zero attached hydrogens (tertiary/aromatic N) is 1. The van der Waals surface area contributed by atoms with Crippen molar-refractivity contribution in [3.63, 3.8) is 0 Å². The maximum absolute atomic E-state index is 11.2. The van der Waals surface area contributed by atoms with Crippen LogP contribution < -0.4 is 0 Å². The number of hydrogen-bond acceptors (Lipinski definition) is 3. The molecule has 2 N–H and O–H groups in total. The minimum absolute atomic E-state index is 0.0370. The number of carbonyl (C=O) groups excluding carboxylic acids is 1. The Morgan fingerprint density at radius 2 is 2.42 bits per heavy atom. The number of rotatable bonds is 3. The Morgan fingerprint density at radius 3 is 2.83 bits per heavy atom. The van der Waals surface area contributed by atoms with Crippen molar-refractivity contribution in [3.8, 4) is 0 Å². The standard InChI is InChI=1S/C8H15NO3/c1-6(11)3-9-4-7(5-10)2-8(9)12/h6-7,10-11H,2-5H2,1H3/t6-,7?/m0/s1. The normalized spacial score (nSPS) is 26.4. The van der Waals surface area contributed by atoms with Crippen molar-refractivity contribution < 1.29 is 15.0 Å². The van der Waals surface area contributed by atoms with Gasteiger partial charge in [-0.3, -0.25) is 4.79 Å². The fourth-order valence-corrected chi connectivity index (χ4v) is 1.47. The molecular formula is C8H15NO3. The first-order chi connectivity index (χ1) is 5.63. The van der Waals surface area contributed by atoms with Crippen LogP contribution in [0.25, 0.3) is 0 Å². The highest BCUT2D eigenvalue weighted by molar-refractivity contribution is 5.78. The van der Waals surface area contributed by atoms with Gasteiger partial charge in [0.25, 0.3) is 0 Å². The van der Waals surface area contributed by atoms with Gasteiger partial charge in [-0.2, -0.15) is 0 Å². The van der Waals surface area contributed by atoms with Crippen LogP contribution in [0.4, 0.5) is 0 Å². The molecule has 0 spiro atoms. The second-order valence-electron chi connectivity index (χ2n) is 3.40. The smallest absolute Gasteiger partial charge is 0.223 e. The molecule has 4 heteroatoms. The predicted octanol–water partition coefficient (Wildman–Crippen LogP) is -0.792. The Bertz CT molecular complexity index is 170. The molecule has 0 aromatic carbocycles. The first-order valence-electron chi connectivity index (χ1n) is 4.20. The van der Waals surface area contributed by atoms with Crippen molar-refractivity contribution in [2.45, 2.75) is 19.4 Å². The fourth-order valence-electron chi connectivity index (χ4n) is 1.47. The van der Waals surface area contributed by atoms with Crippen molar-refractivity contribution in [2.24, 2.45) is 5.92 Å². The lowest BCUT2D eigenvalue weighted by molar-refractivity contribution is -0.128. The summed E-state index contributed by atoms with van der Waals surface area (Å²) in [6.07, 6.45) is -0.0603. The molecule has 70 valence electrons. The Morgan fingerprint density at radius 1 is 1.75 bits per heavy atom. The molecule has 0 bridgehead atoms. The monoisotopic (exact) mass is 173 g/mol. The topological polar surface area (TPSA) is 60.8 Å². The summed E-state index contributed by atoms with van der Waals surface area (Å²) in [4.78, 5) is 12.8. The average Bonchev–Trinajstić information content (AvgIpc) is 2.31. The van der Waals surface area contributed by atoms with E-state index in [0.717, 1.165) is 0 Å². The van der Waals surface area contributed by atoms with Crippen LogP contribution in [-0.4, -0.2) is 46.8 Å². The zero-order valence-electron chi connectivity index (χ0n) is 7.23. The van der Waals surface area contributed by atoms with E-state index in [1.807, 2.05) is 0 Å². The van der Waals surface area contributed by atoms with Crippen molar-refractivity contribution in [2.75, 3.05) is 19.7 Å². The summed E-state index contributed by atoms with van der Waals surface area (Å²) in [6.45, 7) is 2.68. The van der Waals surface area contributed by atoms with Gasteiger partial charge in [-0.05, 0) is 6.92 Å². The summed E-state index contributed by atoms with van der Waals surface area (Å²) >= 11 is 0. The van der Waals surface area contributed by atoms with Gasteiger partial charge in [-0.1, -0.05) is 0 Å². The lowest BCUT2D eigenvalue weighted by Crippen LogP contribution is -2.32. The van der Waals surface area contributed by atoms with Crippen LogP contribution in [0.15, 0.2) is 0 Å². The van der Waals surface area contributed by atoms with Crippen LogP contribution in [0.5, 0.6) is 0 Å². The van der Waals surface area contributed by atoms with E-state index in [-0.39, 0.29) is 18.4 Å². The molecule has 1 unspecified atom stereocenters. The Kier molecular flexibility index (Phi) is 3.05. The van der Waals surface area contributed by atoms with Crippen molar-refractivity contribution in [1.29, 1.82) is 0 Å². The highest BCUT2D eigenvalue weighted by Gasteiger charge is 2.29. The van der Waals surface area contributed by atoms with Crippen LogP contribution in [0.3, 0.4) is 0 Å². The Labute approximate surface area is 71.8 Å². The van der Waals surface area contributed by atoms with Gasteiger partial charge in [0.2, 0.25) is 5.91 Å². The molecule has 0 aromatic heterocycles. The molecule has 1 saturated heterocycles. The van der Waals surface area contributed by atoms with Crippen molar-refractivity contribution in [3.05, 3.63) is 0 Å². The molecule has 12 heavy (non-hydrogen) atoms. The quantitative estimate of drug-likeness (QED) is 0.588. The molecular weight excluding hydrogens is 158 g/mol. The lowest BCUT2D eigenvalue weighted by Gasteiger charge is -2.17. The van der Waals surface area contributed by atoms with Gasteiger partial charge >= 0.3 is 0 Å². The fraction of sp³-hybridized carbons (Fsp3) is 0.875. The minimum atomic E-state index is -0.480. The summed E-state index contributed by atoms with van der Waals surface area (Å²) in [6, 6.07) is 0. The number of aliphatic hydroxyl groups excluding tert-OH is 2. The summed E-state index contributed by atoms with van der Waals surface area (Å²) < 4.78 is 0. The molecule has 1 amide bonds. The molecule has 0 saturated carbocycles. The molecule has 1 aliphatic heterocycles. The van der Waals surface area contributed by atoms with E-state index < -0.39 is 6.10 Å². The largest absolute Gasteiger partial charge is 0.396 e. The Hall–Kier alpha value is -0.610. The van der Waals surface area contributed by atoms with Crippen LogP contribution in [0, 0.1) is 5.92 Å².